The molecule has 10 heteroatoms. The number of aliphatic hydroxyl groups is 1. The summed E-state index contributed by atoms with van der Waals surface area (Å²) in [5, 5.41) is 12.0. The average molecular weight is 523 g/mol. The summed E-state index contributed by atoms with van der Waals surface area (Å²) in [5.41, 5.74) is 0.627. The number of hydrogen-bond donors (Lipinski definition) is 1. The average Bonchev–Trinajstić information content (AvgIpc) is 3.34. The second kappa shape index (κ2) is 9.96. The van der Waals surface area contributed by atoms with Gasteiger partial charge in [0.25, 0.3) is 10.0 Å². The third-order valence-corrected chi connectivity index (χ3v) is 10.5. The second-order valence-electron chi connectivity index (χ2n) is 8.72. The van der Waals surface area contributed by atoms with E-state index >= 15 is 0 Å². The minimum Gasteiger partial charge on any atom is -0.611 e. The molecule has 3 aromatic rings. The van der Waals surface area contributed by atoms with Gasteiger partial charge in [-0.2, -0.15) is 4.31 Å². The third-order valence-electron chi connectivity index (χ3n) is 5.84. The van der Waals surface area contributed by atoms with Crippen LogP contribution in [0.3, 0.4) is 0 Å². The summed E-state index contributed by atoms with van der Waals surface area (Å²) in [6, 6.07) is 16.0. The SMILES string of the molecule is CC(C)(O)c1ccc(N2CCN(S(=O)(=O)c3cccs3)C[C@@H]2C[S@+]([O-])c2cccc(F)c2)cc1. The second-order valence-corrected chi connectivity index (χ2v) is 13.3. The van der Waals surface area contributed by atoms with Gasteiger partial charge >= 0.3 is 0 Å². The molecule has 4 rings (SSSR count). The van der Waals surface area contributed by atoms with Gasteiger partial charge < -0.3 is 14.6 Å². The Balaban J connectivity index is 1.62. The van der Waals surface area contributed by atoms with Gasteiger partial charge in [0, 0.05) is 31.4 Å². The molecule has 0 amide bonds. The lowest BCUT2D eigenvalue weighted by atomic mass is 9.98. The number of rotatable bonds is 7. The van der Waals surface area contributed by atoms with Crippen molar-refractivity contribution in [2.45, 2.75) is 34.6 Å². The first-order valence-corrected chi connectivity index (χ1v) is 14.5. The van der Waals surface area contributed by atoms with Crippen molar-refractivity contribution in [2.24, 2.45) is 0 Å². The molecule has 0 aliphatic carbocycles. The zero-order valence-electron chi connectivity index (χ0n) is 18.9. The lowest BCUT2D eigenvalue weighted by Crippen LogP contribution is -2.57. The molecule has 0 radical (unpaired) electrons. The number of benzene rings is 2. The minimum atomic E-state index is -3.66. The fourth-order valence-electron chi connectivity index (χ4n) is 4.01. The molecule has 1 aliphatic rings. The van der Waals surface area contributed by atoms with Crippen molar-refractivity contribution in [3.05, 3.63) is 77.4 Å². The number of halogens is 1. The maximum Gasteiger partial charge on any atom is 0.252 e. The summed E-state index contributed by atoms with van der Waals surface area (Å²) in [6.07, 6.45) is 0. The van der Waals surface area contributed by atoms with Crippen molar-refractivity contribution in [3.8, 4) is 0 Å². The first-order valence-electron chi connectivity index (χ1n) is 10.8. The Labute approximate surface area is 206 Å². The molecule has 0 saturated carbocycles. The Morgan fingerprint density at radius 1 is 1.15 bits per heavy atom. The highest BCUT2D eigenvalue weighted by Gasteiger charge is 2.37. The van der Waals surface area contributed by atoms with E-state index in [9.17, 15) is 22.5 Å². The molecule has 1 fully saturated rings. The highest BCUT2D eigenvalue weighted by molar-refractivity contribution is 7.91. The molecule has 182 valence electrons. The number of sulfonamides is 1. The molecule has 2 heterocycles. The van der Waals surface area contributed by atoms with Crippen LogP contribution in [-0.2, 0) is 26.8 Å². The van der Waals surface area contributed by atoms with Gasteiger partial charge in [0.1, 0.15) is 15.8 Å². The Morgan fingerprint density at radius 3 is 2.50 bits per heavy atom. The lowest BCUT2D eigenvalue weighted by molar-refractivity contribution is 0.0786. The first-order chi connectivity index (χ1) is 16.1. The van der Waals surface area contributed by atoms with E-state index < -0.39 is 32.6 Å². The number of anilines is 1. The van der Waals surface area contributed by atoms with Gasteiger partial charge in [0.05, 0.1) is 11.6 Å². The van der Waals surface area contributed by atoms with E-state index in [4.69, 9.17) is 0 Å². The van der Waals surface area contributed by atoms with E-state index in [2.05, 4.69) is 0 Å². The fourth-order valence-corrected chi connectivity index (χ4v) is 7.92. The topological polar surface area (TPSA) is 83.9 Å². The van der Waals surface area contributed by atoms with E-state index in [1.54, 1.807) is 37.4 Å². The van der Waals surface area contributed by atoms with Crippen LogP contribution in [0.1, 0.15) is 19.4 Å². The standard InChI is InChI=1S/C24H27FN2O4S3/c1-24(2,28)18-8-10-20(11-9-18)27-13-12-26(34(30,31)23-7-4-14-32-23)16-21(27)17-33(29)22-6-3-5-19(25)15-22/h3-11,14-15,21,28H,12-13,16-17H2,1-2H3/t21-,33+/m1/s1. The molecule has 0 bridgehead atoms. The van der Waals surface area contributed by atoms with Crippen LogP contribution in [-0.4, -0.2) is 53.8 Å². The monoisotopic (exact) mass is 522 g/mol. The number of piperazine rings is 1. The number of thiophene rings is 1. The van der Waals surface area contributed by atoms with Crippen LogP contribution in [0.25, 0.3) is 0 Å². The van der Waals surface area contributed by atoms with Crippen molar-refractivity contribution in [1.82, 2.24) is 4.31 Å². The first kappa shape index (κ1) is 25.2. The molecule has 0 spiro atoms. The van der Waals surface area contributed by atoms with Crippen molar-refractivity contribution >= 4 is 38.2 Å². The van der Waals surface area contributed by atoms with Gasteiger partial charge in [0.15, 0.2) is 4.90 Å². The molecule has 1 N–H and O–H groups in total. The highest BCUT2D eigenvalue weighted by atomic mass is 32.2. The smallest absolute Gasteiger partial charge is 0.252 e. The quantitative estimate of drug-likeness (QED) is 0.477. The van der Waals surface area contributed by atoms with Gasteiger partial charge in [-0.25, -0.2) is 12.8 Å². The van der Waals surface area contributed by atoms with Gasteiger partial charge in [-0.3, -0.25) is 0 Å². The molecule has 6 nitrogen and oxygen atoms in total. The Bertz CT molecular complexity index is 1210. The molecule has 1 aliphatic heterocycles. The number of hydrogen-bond acceptors (Lipinski definition) is 6. The van der Waals surface area contributed by atoms with Crippen LogP contribution in [0.5, 0.6) is 0 Å². The van der Waals surface area contributed by atoms with Crippen molar-refractivity contribution in [1.29, 1.82) is 0 Å². The van der Waals surface area contributed by atoms with Crippen LogP contribution in [0.4, 0.5) is 10.1 Å². The molecule has 34 heavy (non-hydrogen) atoms. The van der Waals surface area contributed by atoms with E-state index in [0.717, 1.165) is 11.3 Å². The van der Waals surface area contributed by atoms with E-state index in [1.807, 2.05) is 29.2 Å². The van der Waals surface area contributed by atoms with Crippen LogP contribution < -0.4 is 4.90 Å². The van der Waals surface area contributed by atoms with Gasteiger partial charge in [-0.15, -0.1) is 11.3 Å². The van der Waals surface area contributed by atoms with Crippen LogP contribution in [0, 0.1) is 5.82 Å². The molecular weight excluding hydrogens is 495 g/mol. The maximum absolute atomic E-state index is 13.7. The van der Waals surface area contributed by atoms with Crippen molar-refractivity contribution < 1.29 is 22.5 Å². The minimum absolute atomic E-state index is 0.146. The van der Waals surface area contributed by atoms with Crippen molar-refractivity contribution in [3.63, 3.8) is 0 Å². The summed E-state index contributed by atoms with van der Waals surface area (Å²) in [6.45, 7) is 4.28. The fraction of sp³-hybridized carbons (Fsp3) is 0.333. The lowest BCUT2D eigenvalue weighted by Gasteiger charge is -2.41. The summed E-state index contributed by atoms with van der Waals surface area (Å²) in [5.74, 6) is -0.317. The summed E-state index contributed by atoms with van der Waals surface area (Å²) >= 11 is -0.354. The van der Waals surface area contributed by atoms with Gasteiger partial charge in [-0.05, 0) is 66.3 Å². The van der Waals surface area contributed by atoms with Crippen LogP contribution in [0.2, 0.25) is 0 Å². The Kier molecular flexibility index (Phi) is 7.37. The predicted octanol–water partition coefficient (Wildman–Crippen LogP) is 3.80. The molecular formula is C24H27FN2O4S3. The molecule has 1 saturated heterocycles. The number of nitrogens with zero attached hydrogens (tertiary/aromatic N) is 2. The molecule has 2 atom stereocenters. The zero-order chi connectivity index (χ0) is 24.5. The molecule has 1 aromatic heterocycles. The normalized spacial score (nSPS) is 18.7. The summed E-state index contributed by atoms with van der Waals surface area (Å²) < 4.78 is 54.9. The van der Waals surface area contributed by atoms with Crippen molar-refractivity contribution in [2.75, 3.05) is 30.3 Å². The van der Waals surface area contributed by atoms with Gasteiger partial charge in [0.2, 0.25) is 0 Å². The summed E-state index contributed by atoms with van der Waals surface area (Å²) in [7, 11) is -3.66. The van der Waals surface area contributed by atoms with E-state index in [0.29, 0.717) is 11.4 Å². The molecule has 2 aromatic carbocycles. The molecule has 0 unspecified atom stereocenters. The Morgan fingerprint density at radius 2 is 1.88 bits per heavy atom. The van der Waals surface area contributed by atoms with Gasteiger partial charge in [-0.1, -0.05) is 24.3 Å². The highest BCUT2D eigenvalue weighted by Crippen LogP contribution is 2.30. The third kappa shape index (κ3) is 5.48. The predicted molar refractivity (Wildman–Crippen MR) is 134 cm³/mol. The maximum atomic E-state index is 13.7. The van der Waals surface area contributed by atoms with Crippen LogP contribution in [0.15, 0.2) is 75.1 Å². The Hall–Kier alpha value is -1.95. The van der Waals surface area contributed by atoms with E-state index in [-0.39, 0.29) is 29.1 Å². The van der Waals surface area contributed by atoms with E-state index in [1.165, 1.54) is 33.8 Å². The largest absolute Gasteiger partial charge is 0.611 e. The zero-order valence-corrected chi connectivity index (χ0v) is 21.4. The summed E-state index contributed by atoms with van der Waals surface area (Å²) in [4.78, 5) is 2.42. The van der Waals surface area contributed by atoms with Crippen LogP contribution >= 0.6 is 11.3 Å².